The number of anilines is 1. The summed E-state index contributed by atoms with van der Waals surface area (Å²) in [6.45, 7) is 1.86. The topological polar surface area (TPSA) is 65.2 Å². The number of pyridine rings is 1. The number of carbonyl (C=O) groups excluding carboxylic acids is 1. The fourth-order valence-electron chi connectivity index (χ4n) is 1.83. The molecular weight excluding hydrogens is 228 g/mol. The van der Waals surface area contributed by atoms with Crippen molar-refractivity contribution in [1.82, 2.24) is 4.98 Å². The third-order valence-corrected chi connectivity index (χ3v) is 2.78. The molecule has 1 aromatic carbocycles. The summed E-state index contributed by atoms with van der Waals surface area (Å²) in [4.78, 5) is 15.5. The van der Waals surface area contributed by atoms with Gasteiger partial charge in [0, 0.05) is 11.8 Å². The van der Waals surface area contributed by atoms with Crippen LogP contribution in [0.25, 0.3) is 11.1 Å². The zero-order chi connectivity index (χ0) is 13.1. The van der Waals surface area contributed by atoms with Crippen LogP contribution in [0.5, 0.6) is 0 Å². The molecular formula is C14H14N2O2. The van der Waals surface area contributed by atoms with Gasteiger partial charge >= 0.3 is 5.97 Å². The predicted octanol–water partition coefficient (Wildman–Crippen LogP) is 2.43. The van der Waals surface area contributed by atoms with E-state index in [-0.39, 0.29) is 5.97 Å². The summed E-state index contributed by atoms with van der Waals surface area (Å²) in [5.41, 5.74) is 9.03. The molecule has 0 fully saturated rings. The summed E-state index contributed by atoms with van der Waals surface area (Å²) in [5, 5.41) is 0. The van der Waals surface area contributed by atoms with Crippen LogP contribution >= 0.6 is 0 Å². The van der Waals surface area contributed by atoms with E-state index in [9.17, 15) is 4.79 Å². The minimum atomic E-state index is -0.335. The fourth-order valence-corrected chi connectivity index (χ4v) is 1.83. The van der Waals surface area contributed by atoms with Gasteiger partial charge in [0.1, 0.15) is 5.82 Å². The molecule has 18 heavy (non-hydrogen) atoms. The zero-order valence-electron chi connectivity index (χ0n) is 10.3. The van der Waals surface area contributed by atoms with Crippen LogP contribution < -0.4 is 5.73 Å². The summed E-state index contributed by atoms with van der Waals surface area (Å²) in [7, 11) is 1.37. The molecule has 1 aromatic heterocycles. The summed E-state index contributed by atoms with van der Waals surface area (Å²) in [6, 6.07) is 9.21. The summed E-state index contributed by atoms with van der Waals surface area (Å²) in [5.74, 6) is 0.140. The van der Waals surface area contributed by atoms with Crippen molar-refractivity contribution in [2.45, 2.75) is 6.92 Å². The highest BCUT2D eigenvalue weighted by Crippen LogP contribution is 2.26. The molecule has 0 unspecified atom stereocenters. The number of hydrogen-bond donors (Lipinski definition) is 1. The van der Waals surface area contributed by atoms with E-state index in [0.717, 1.165) is 16.7 Å². The van der Waals surface area contributed by atoms with Crippen LogP contribution in [0.4, 0.5) is 5.82 Å². The molecule has 0 aliphatic carbocycles. The van der Waals surface area contributed by atoms with Crippen molar-refractivity contribution in [3.63, 3.8) is 0 Å². The number of aryl methyl sites for hydroxylation is 1. The maximum Gasteiger partial charge on any atom is 0.338 e. The Bertz CT molecular complexity index is 594. The van der Waals surface area contributed by atoms with Crippen LogP contribution in [0.2, 0.25) is 0 Å². The number of esters is 1. The van der Waals surface area contributed by atoms with Crippen LogP contribution in [-0.4, -0.2) is 18.1 Å². The Morgan fingerprint density at radius 3 is 2.72 bits per heavy atom. The van der Waals surface area contributed by atoms with Gasteiger partial charge in [0.2, 0.25) is 0 Å². The van der Waals surface area contributed by atoms with Crippen molar-refractivity contribution in [3.05, 3.63) is 47.7 Å². The summed E-state index contributed by atoms with van der Waals surface area (Å²) in [6.07, 6.45) is 1.65. The van der Waals surface area contributed by atoms with Gasteiger partial charge < -0.3 is 10.5 Å². The Morgan fingerprint density at radius 1 is 1.33 bits per heavy atom. The van der Waals surface area contributed by atoms with E-state index in [1.807, 2.05) is 31.2 Å². The molecule has 92 valence electrons. The quantitative estimate of drug-likeness (QED) is 0.821. The van der Waals surface area contributed by atoms with Crippen molar-refractivity contribution in [3.8, 4) is 11.1 Å². The molecule has 0 spiro atoms. The number of nitrogens with two attached hydrogens (primary N) is 1. The summed E-state index contributed by atoms with van der Waals surface area (Å²) < 4.78 is 4.71. The lowest BCUT2D eigenvalue weighted by Gasteiger charge is -2.08. The van der Waals surface area contributed by atoms with Crippen LogP contribution in [0.15, 0.2) is 36.5 Å². The van der Waals surface area contributed by atoms with Gasteiger partial charge in [0.05, 0.1) is 12.7 Å². The Hall–Kier alpha value is -2.36. The Morgan fingerprint density at radius 2 is 2.11 bits per heavy atom. The number of carbonyl (C=O) groups is 1. The first-order valence-corrected chi connectivity index (χ1v) is 5.53. The number of ether oxygens (including phenoxy) is 1. The molecule has 0 saturated heterocycles. The molecule has 0 amide bonds. The van der Waals surface area contributed by atoms with E-state index in [0.29, 0.717) is 11.4 Å². The highest BCUT2D eigenvalue weighted by Gasteiger charge is 2.11. The number of rotatable bonds is 2. The summed E-state index contributed by atoms with van der Waals surface area (Å²) >= 11 is 0. The van der Waals surface area contributed by atoms with E-state index < -0.39 is 0 Å². The number of benzene rings is 1. The second kappa shape index (κ2) is 4.87. The van der Waals surface area contributed by atoms with Gasteiger partial charge in [-0.25, -0.2) is 9.78 Å². The van der Waals surface area contributed by atoms with E-state index in [4.69, 9.17) is 10.5 Å². The van der Waals surface area contributed by atoms with Gasteiger partial charge in [-0.05, 0) is 36.2 Å². The van der Waals surface area contributed by atoms with Crippen molar-refractivity contribution in [2.75, 3.05) is 12.8 Å². The van der Waals surface area contributed by atoms with Crippen LogP contribution in [0.1, 0.15) is 15.9 Å². The maximum absolute atomic E-state index is 11.5. The average molecular weight is 242 g/mol. The maximum atomic E-state index is 11.5. The van der Waals surface area contributed by atoms with Crippen LogP contribution in [-0.2, 0) is 4.74 Å². The molecule has 2 rings (SSSR count). The van der Waals surface area contributed by atoms with E-state index in [2.05, 4.69) is 4.98 Å². The van der Waals surface area contributed by atoms with Gasteiger partial charge in [-0.15, -0.1) is 0 Å². The molecule has 0 bridgehead atoms. The number of hydrogen-bond acceptors (Lipinski definition) is 4. The first-order valence-electron chi connectivity index (χ1n) is 5.53. The molecule has 4 nitrogen and oxygen atoms in total. The van der Waals surface area contributed by atoms with Crippen LogP contribution in [0.3, 0.4) is 0 Å². The van der Waals surface area contributed by atoms with Crippen molar-refractivity contribution < 1.29 is 9.53 Å². The molecule has 0 saturated carbocycles. The molecule has 1 heterocycles. The van der Waals surface area contributed by atoms with Gasteiger partial charge in [0.15, 0.2) is 0 Å². The standard InChI is InChI=1S/C14H14N2O2/c1-9-8-10(5-6-11(9)14(17)18-2)12-4-3-7-16-13(12)15/h3-8H,1-2H3,(H2,15,16). The van der Waals surface area contributed by atoms with E-state index >= 15 is 0 Å². The Balaban J connectivity index is 2.47. The lowest BCUT2D eigenvalue weighted by atomic mass is 10.0. The first kappa shape index (κ1) is 12.1. The van der Waals surface area contributed by atoms with Gasteiger partial charge in [-0.3, -0.25) is 0 Å². The highest BCUT2D eigenvalue weighted by molar-refractivity contribution is 5.92. The van der Waals surface area contributed by atoms with E-state index in [1.165, 1.54) is 7.11 Å². The zero-order valence-corrected chi connectivity index (χ0v) is 10.3. The first-order chi connectivity index (χ1) is 8.63. The molecule has 0 aliphatic heterocycles. The average Bonchev–Trinajstić information content (AvgIpc) is 2.38. The lowest BCUT2D eigenvalue weighted by molar-refractivity contribution is 0.0600. The molecule has 0 aliphatic rings. The van der Waals surface area contributed by atoms with Gasteiger partial charge in [-0.1, -0.05) is 12.1 Å². The second-order valence-corrected chi connectivity index (χ2v) is 3.96. The molecule has 4 heteroatoms. The van der Waals surface area contributed by atoms with E-state index in [1.54, 1.807) is 12.3 Å². The predicted molar refractivity (Wildman–Crippen MR) is 70.2 cm³/mol. The molecule has 2 aromatic rings. The minimum Gasteiger partial charge on any atom is -0.465 e. The Labute approximate surface area is 105 Å². The SMILES string of the molecule is COC(=O)c1ccc(-c2cccnc2N)cc1C. The molecule has 0 radical (unpaired) electrons. The number of nitrogen functional groups attached to an aromatic ring is 1. The smallest absolute Gasteiger partial charge is 0.338 e. The number of methoxy groups -OCH3 is 1. The molecule has 2 N–H and O–H groups in total. The minimum absolute atomic E-state index is 0.335. The third-order valence-electron chi connectivity index (χ3n) is 2.78. The Kier molecular flexibility index (Phi) is 3.28. The largest absolute Gasteiger partial charge is 0.465 e. The van der Waals surface area contributed by atoms with Gasteiger partial charge in [0.25, 0.3) is 0 Å². The fraction of sp³-hybridized carbons (Fsp3) is 0.143. The van der Waals surface area contributed by atoms with Crippen molar-refractivity contribution in [2.24, 2.45) is 0 Å². The monoisotopic (exact) mass is 242 g/mol. The van der Waals surface area contributed by atoms with Crippen molar-refractivity contribution in [1.29, 1.82) is 0 Å². The number of aromatic nitrogens is 1. The highest BCUT2D eigenvalue weighted by atomic mass is 16.5. The second-order valence-electron chi connectivity index (χ2n) is 3.96. The van der Waals surface area contributed by atoms with Crippen molar-refractivity contribution >= 4 is 11.8 Å². The third kappa shape index (κ3) is 2.18. The number of nitrogens with zero attached hydrogens (tertiary/aromatic N) is 1. The van der Waals surface area contributed by atoms with Crippen LogP contribution in [0, 0.1) is 6.92 Å². The van der Waals surface area contributed by atoms with Gasteiger partial charge in [-0.2, -0.15) is 0 Å². The normalized spacial score (nSPS) is 10.1. The lowest BCUT2D eigenvalue weighted by Crippen LogP contribution is -2.03. The molecule has 0 atom stereocenters.